The van der Waals surface area contributed by atoms with Crippen LogP contribution in [0.5, 0.6) is 0 Å². The molecule has 0 atom stereocenters. The van der Waals surface area contributed by atoms with E-state index in [1.165, 1.54) is 24.9 Å². The molecule has 0 N–H and O–H groups in total. The first-order valence-electron chi connectivity index (χ1n) is 6.42. The van der Waals surface area contributed by atoms with Crippen LogP contribution < -0.4 is 4.90 Å². The molecule has 92 valence electrons. The zero-order valence-corrected chi connectivity index (χ0v) is 10.3. The molecule has 0 aliphatic carbocycles. The predicted octanol–water partition coefficient (Wildman–Crippen LogP) is 2.53. The molecule has 0 spiro atoms. The van der Waals surface area contributed by atoms with Crippen molar-refractivity contribution in [2.24, 2.45) is 0 Å². The van der Waals surface area contributed by atoms with Crippen LogP contribution in [0, 0.1) is 0 Å². The Morgan fingerprint density at radius 2 is 1.89 bits per heavy atom. The van der Waals surface area contributed by atoms with Crippen molar-refractivity contribution in [1.29, 1.82) is 0 Å². The van der Waals surface area contributed by atoms with Crippen molar-refractivity contribution in [3.05, 3.63) is 36.8 Å². The highest BCUT2D eigenvalue weighted by Crippen LogP contribution is 2.29. The molecule has 0 radical (unpaired) electrons. The van der Waals surface area contributed by atoms with Crippen LogP contribution in [0.4, 0.5) is 5.69 Å². The zero-order valence-electron chi connectivity index (χ0n) is 10.3. The second-order valence-electron chi connectivity index (χ2n) is 4.55. The summed E-state index contributed by atoms with van der Waals surface area (Å²) in [6.07, 6.45) is 9.30. The SMILES string of the molecule is c1cnnc(-c2cnccc2N2CCCCC2)c1. The van der Waals surface area contributed by atoms with E-state index in [-0.39, 0.29) is 0 Å². The maximum atomic E-state index is 4.22. The van der Waals surface area contributed by atoms with Gasteiger partial charge in [-0.05, 0) is 37.5 Å². The third-order valence-corrected chi connectivity index (χ3v) is 3.34. The number of pyridine rings is 1. The van der Waals surface area contributed by atoms with E-state index in [0.717, 1.165) is 24.3 Å². The van der Waals surface area contributed by atoms with Gasteiger partial charge in [-0.1, -0.05) is 0 Å². The molecular weight excluding hydrogens is 224 g/mol. The maximum absolute atomic E-state index is 4.22. The highest BCUT2D eigenvalue weighted by atomic mass is 15.1. The molecule has 0 unspecified atom stereocenters. The molecule has 1 saturated heterocycles. The Kier molecular flexibility index (Phi) is 3.17. The molecule has 0 bridgehead atoms. The Labute approximate surface area is 107 Å². The van der Waals surface area contributed by atoms with E-state index in [4.69, 9.17) is 0 Å². The number of nitrogens with zero attached hydrogens (tertiary/aromatic N) is 4. The minimum absolute atomic E-state index is 0.895. The molecule has 18 heavy (non-hydrogen) atoms. The van der Waals surface area contributed by atoms with E-state index >= 15 is 0 Å². The average Bonchev–Trinajstić information content (AvgIpc) is 2.49. The van der Waals surface area contributed by atoms with Gasteiger partial charge in [0.15, 0.2) is 0 Å². The molecule has 1 aliphatic heterocycles. The van der Waals surface area contributed by atoms with Gasteiger partial charge in [0.05, 0.1) is 5.69 Å². The van der Waals surface area contributed by atoms with Crippen LogP contribution in [-0.4, -0.2) is 28.3 Å². The van der Waals surface area contributed by atoms with E-state index in [0.29, 0.717) is 0 Å². The highest BCUT2D eigenvalue weighted by molar-refractivity contribution is 5.75. The monoisotopic (exact) mass is 240 g/mol. The van der Waals surface area contributed by atoms with Crippen LogP contribution in [0.15, 0.2) is 36.8 Å². The summed E-state index contributed by atoms with van der Waals surface area (Å²) in [7, 11) is 0. The number of hydrogen-bond acceptors (Lipinski definition) is 4. The summed E-state index contributed by atoms with van der Waals surface area (Å²) in [6.45, 7) is 2.24. The van der Waals surface area contributed by atoms with Gasteiger partial charge in [0.2, 0.25) is 0 Å². The Balaban J connectivity index is 1.99. The molecule has 4 heteroatoms. The Morgan fingerprint density at radius 3 is 2.67 bits per heavy atom. The van der Waals surface area contributed by atoms with Crippen molar-refractivity contribution in [3.63, 3.8) is 0 Å². The van der Waals surface area contributed by atoms with E-state index in [9.17, 15) is 0 Å². The predicted molar refractivity (Wildman–Crippen MR) is 71.3 cm³/mol. The molecule has 3 rings (SSSR count). The summed E-state index contributed by atoms with van der Waals surface area (Å²) in [5, 5.41) is 8.14. The van der Waals surface area contributed by atoms with Crippen LogP contribution in [0.2, 0.25) is 0 Å². The molecular formula is C14H16N4. The lowest BCUT2D eigenvalue weighted by Crippen LogP contribution is -2.29. The van der Waals surface area contributed by atoms with Crippen molar-refractivity contribution in [3.8, 4) is 11.3 Å². The average molecular weight is 240 g/mol. The maximum Gasteiger partial charge on any atom is 0.0966 e. The van der Waals surface area contributed by atoms with Crippen LogP contribution >= 0.6 is 0 Å². The van der Waals surface area contributed by atoms with Gasteiger partial charge in [-0.3, -0.25) is 4.98 Å². The standard InChI is InChI=1S/C14H16N4/c1-2-9-18(10-3-1)14-6-8-15-11-12(14)13-5-4-7-16-17-13/h4-8,11H,1-3,9-10H2. The number of anilines is 1. The second kappa shape index (κ2) is 5.12. The van der Waals surface area contributed by atoms with E-state index in [1.54, 1.807) is 6.20 Å². The lowest BCUT2D eigenvalue weighted by molar-refractivity contribution is 0.578. The first kappa shape index (κ1) is 11.1. The Morgan fingerprint density at radius 1 is 1.00 bits per heavy atom. The highest BCUT2D eigenvalue weighted by Gasteiger charge is 2.15. The number of rotatable bonds is 2. The summed E-state index contributed by atoms with van der Waals surface area (Å²) in [6, 6.07) is 5.97. The van der Waals surface area contributed by atoms with Gasteiger partial charge in [-0.2, -0.15) is 10.2 Å². The zero-order chi connectivity index (χ0) is 12.2. The number of hydrogen-bond donors (Lipinski definition) is 0. The summed E-state index contributed by atoms with van der Waals surface area (Å²) >= 11 is 0. The van der Waals surface area contributed by atoms with Gasteiger partial charge < -0.3 is 4.90 Å². The van der Waals surface area contributed by atoms with E-state index in [2.05, 4.69) is 26.1 Å². The summed E-state index contributed by atoms with van der Waals surface area (Å²) < 4.78 is 0. The van der Waals surface area contributed by atoms with Gasteiger partial charge in [-0.25, -0.2) is 0 Å². The lowest BCUT2D eigenvalue weighted by Gasteiger charge is -2.30. The fraction of sp³-hybridized carbons (Fsp3) is 0.357. The van der Waals surface area contributed by atoms with Gasteiger partial charge in [0, 0.05) is 42.9 Å². The topological polar surface area (TPSA) is 41.9 Å². The van der Waals surface area contributed by atoms with Crippen molar-refractivity contribution >= 4 is 5.69 Å². The summed E-state index contributed by atoms with van der Waals surface area (Å²) in [5.41, 5.74) is 3.20. The second-order valence-corrected chi connectivity index (χ2v) is 4.55. The minimum Gasteiger partial charge on any atom is -0.371 e. The van der Waals surface area contributed by atoms with E-state index < -0.39 is 0 Å². The quantitative estimate of drug-likeness (QED) is 0.809. The van der Waals surface area contributed by atoms with Gasteiger partial charge in [0.25, 0.3) is 0 Å². The van der Waals surface area contributed by atoms with Crippen LogP contribution in [0.25, 0.3) is 11.3 Å². The van der Waals surface area contributed by atoms with Crippen LogP contribution in [0.1, 0.15) is 19.3 Å². The van der Waals surface area contributed by atoms with E-state index in [1.807, 2.05) is 24.5 Å². The van der Waals surface area contributed by atoms with Crippen LogP contribution in [0.3, 0.4) is 0 Å². The Bertz CT molecular complexity index is 506. The molecule has 1 fully saturated rings. The molecule has 0 saturated carbocycles. The van der Waals surface area contributed by atoms with Gasteiger partial charge >= 0.3 is 0 Å². The smallest absolute Gasteiger partial charge is 0.0966 e. The number of piperidine rings is 1. The molecule has 1 aliphatic rings. The van der Waals surface area contributed by atoms with Crippen molar-refractivity contribution < 1.29 is 0 Å². The third-order valence-electron chi connectivity index (χ3n) is 3.34. The third kappa shape index (κ3) is 2.18. The summed E-state index contributed by atoms with van der Waals surface area (Å²) in [4.78, 5) is 6.65. The molecule has 2 aromatic rings. The molecule has 0 aromatic carbocycles. The summed E-state index contributed by atoms with van der Waals surface area (Å²) in [5.74, 6) is 0. The Hall–Kier alpha value is -1.97. The van der Waals surface area contributed by atoms with Gasteiger partial charge in [-0.15, -0.1) is 0 Å². The fourth-order valence-corrected chi connectivity index (χ4v) is 2.44. The fourth-order valence-electron chi connectivity index (χ4n) is 2.44. The molecule has 2 aromatic heterocycles. The van der Waals surface area contributed by atoms with Crippen molar-refractivity contribution in [2.75, 3.05) is 18.0 Å². The normalized spacial score (nSPS) is 15.7. The van der Waals surface area contributed by atoms with Crippen LogP contribution in [-0.2, 0) is 0 Å². The van der Waals surface area contributed by atoms with Crippen molar-refractivity contribution in [1.82, 2.24) is 15.2 Å². The molecule has 0 amide bonds. The minimum atomic E-state index is 0.895. The first-order valence-corrected chi connectivity index (χ1v) is 6.42. The molecule has 3 heterocycles. The molecule has 4 nitrogen and oxygen atoms in total. The lowest BCUT2D eigenvalue weighted by atomic mass is 10.1. The largest absolute Gasteiger partial charge is 0.371 e. The number of aromatic nitrogens is 3. The van der Waals surface area contributed by atoms with Gasteiger partial charge in [0.1, 0.15) is 0 Å². The van der Waals surface area contributed by atoms with Crippen molar-refractivity contribution in [2.45, 2.75) is 19.3 Å². The first-order chi connectivity index (χ1) is 8.95.